The topological polar surface area (TPSA) is 87.9 Å². The van der Waals surface area contributed by atoms with E-state index in [-0.39, 0.29) is 23.8 Å². The fourth-order valence-corrected chi connectivity index (χ4v) is 5.19. The lowest BCUT2D eigenvalue weighted by Crippen LogP contribution is -2.50. The first-order valence-corrected chi connectivity index (χ1v) is 11.8. The maximum Gasteiger partial charge on any atom is 0.271 e. The summed E-state index contributed by atoms with van der Waals surface area (Å²) in [5, 5.41) is 10.1. The van der Waals surface area contributed by atoms with Crippen molar-refractivity contribution in [1.29, 1.82) is 0 Å². The van der Waals surface area contributed by atoms with Crippen LogP contribution < -0.4 is 15.2 Å². The van der Waals surface area contributed by atoms with Gasteiger partial charge in [-0.25, -0.2) is 4.98 Å². The van der Waals surface area contributed by atoms with Crippen LogP contribution in [0.5, 0.6) is 11.5 Å². The van der Waals surface area contributed by atoms with Gasteiger partial charge in [-0.05, 0) is 48.0 Å². The van der Waals surface area contributed by atoms with Crippen molar-refractivity contribution in [3.05, 3.63) is 71.3 Å². The third-order valence-electron chi connectivity index (χ3n) is 6.04. The number of nitrogens with zero attached hydrogens (tertiary/aromatic N) is 4. The molecule has 9 heteroatoms. The van der Waals surface area contributed by atoms with Crippen molar-refractivity contribution in [2.24, 2.45) is 0 Å². The van der Waals surface area contributed by atoms with Gasteiger partial charge >= 0.3 is 0 Å². The number of phenols is 1. The second-order valence-electron chi connectivity index (χ2n) is 8.09. The number of hydrogen-bond acceptors (Lipinski definition) is 7. The molecule has 174 valence electrons. The fraction of sp³-hybridized carbons (Fsp3) is 0.240. The molecule has 2 aromatic carbocycles. The van der Waals surface area contributed by atoms with E-state index in [0.717, 1.165) is 21.9 Å². The molecule has 4 aromatic rings. The summed E-state index contributed by atoms with van der Waals surface area (Å²) in [4.78, 5) is 35.2. The van der Waals surface area contributed by atoms with E-state index >= 15 is 0 Å². The molecule has 1 saturated heterocycles. The minimum atomic E-state index is -0.212. The fourth-order valence-electron chi connectivity index (χ4n) is 4.13. The molecule has 0 spiro atoms. The lowest BCUT2D eigenvalue weighted by Gasteiger charge is -2.36. The minimum absolute atomic E-state index is 0.0475. The predicted molar refractivity (Wildman–Crippen MR) is 133 cm³/mol. The van der Waals surface area contributed by atoms with Gasteiger partial charge in [-0.3, -0.25) is 14.2 Å². The van der Waals surface area contributed by atoms with Crippen molar-refractivity contribution in [2.75, 3.05) is 38.2 Å². The zero-order chi connectivity index (χ0) is 23.7. The lowest BCUT2D eigenvalue weighted by atomic mass is 10.2. The van der Waals surface area contributed by atoms with E-state index in [1.807, 2.05) is 42.5 Å². The Balaban J connectivity index is 1.29. The summed E-state index contributed by atoms with van der Waals surface area (Å²) in [6, 6.07) is 16.7. The van der Waals surface area contributed by atoms with Crippen LogP contribution >= 0.6 is 11.3 Å². The first-order valence-electron chi connectivity index (χ1n) is 11.0. The van der Waals surface area contributed by atoms with Crippen LogP contribution in [0, 0.1) is 0 Å². The predicted octanol–water partition coefficient (Wildman–Crippen LogP) is 3.19. The van der Waals surface area contributed by atoms with Crippen molar-refractivity contribution in [3.8, 4) is 21.9 Å². The summed E-state index contributed by atoms with van der Waals surface area (Å²) in [5.41, 5.74) is 2.16. The third kappa shape index (κ3) is 4.22. The Labute approximate surface area is 200 Å². The number of aromatic hydroxyl groups is 1. The largest absolute Gasteiger partial charge is 0.506 e. The highest BCUT2D eigenvalue weighted by molar-refractivity contribution is 7.22. The molecule has 0 unspecified atom stereocenters. The van der Waals surface area contributed by atoms with Gasteiger partial charge in [-0.15, -0.1) is 11.3 Å². The van der Waals surface area contributed by atoms with Crippen LogP contribution in [0.3, 0.4) is 0 Å². The van der Waals surface area contributed by atoms with E-state index in [1.165, 1.54) is 22.2 Å². The van der Waals surface area contributed by atoms with Gasteiger partial charge in [0.15, 0.2) is 0 Å². The van der Waals surface area contributed by atoms with Crippen LogP contribution in [0.4, 0.5) is 5.69 Å². The number of ether oxygens (including phenoxy) is 1. The third-order valence-corrected chi connectivity index (χ3v) is 7.20. The second kappa shape index (κ2) is 9.18. The molecule has 2 aromatic heterocycles. The molecule has 34 heavy (non-hydrogen) atoms. The van der Waals surface area contributed by atoms with Crippen molar-refractivity contribution in [1.82, 2.24) is 14.5 Å². The number of rotatable bonds is 5. The number of amides is 1. The maximum atomic E-state index is 13.1. The molecule has 0 aliphatic carbocycles. The number of para-hydroxylation sites is 2. The van der Waals surface area contributed by atoms with Crippen LogP contribution in [-0.2, 0) is 11.3 Å². The second-order valence-corrected chi connectivity index (χ2v) is 9.14. The summed E-state index contributed by atoms with van der Waals surface area (Å²) < 4.78 is 7.12. The van der Waals surface area contributed by atoms with Gasteiger partial charge in [0.05, 0.1) is 24.6 Å². The molecule has 1 aliphatic heterocycles. The number of hydrogen-bond donors (Lipinski definition) is 1. The summed E-state index contributed by atoms with van der Waals surface area (Å²) in [6.45, 7) is 2.24. The number of carbonyl (C=O) groups is 1. The standard InChI is InChI=1S/C25H24N4O4S/c1-33-18-8-6-17(7-9-18)22-14-19-24(34-22)25(32)29(16-26-19)15-23(31)28-12-10-27(11-13-28)20-4-2-3-5-21(20)30/h2-9,14,16,30H,10-13,15H2,1H3. The molecule has 1 aliphatic rings. The smallest absolute Gasteiger partial charge is 0.271 e. The van der Waals surface area contributed by atoms with Gasteiger partial charge in [0.25, 0.3) is 5.56 Å². The molecular weight excluding hydrogens is 452 g/mol. The summed E-state index contributed by atoms with van der Waals surface area (Å²) in [6.07, 6.45) is 1.45. The average molecular weight is 477 g/mol. The van der Waals surface area contributed by atoms with Gasteiger partial charge in [0.2, 0.25) is 5.91 Å². The van der Waals surface area contributed by atoms with Crippen molar-refractivity contribution < 1.29 is 14.6 Å². The zero-order valence-electron chi connectivity index (χ0n) is 18.7. The molecule has 3 heterocycles. The molecule has 1 N–H and O–H groups in total. The van der Waals surface area contributed by atoms with E-state index in [1.54, 1.807) is 24.1 Å². The van der Waals surface area contributed by atoms with Gasteiger partial charge < -0.3 is 19.6 Å². The number of aromatic nitrogens is 2. The number of fused-ring (bicyclic) bond motifs is 1. The van der Waals surface area contributed by atoms with E-state index in [4.69, 9.17) is 4.74 Å². The van der Waals surface area contributed by atoms with Gasteiger partial charge in [0.1, 0.15) is 22.7 Å². The summed E-state index contributed by atoms with van der Waals surface area (Å²) in [7, 11) is 1.62. The van der Waals surface area contributed by atoms with E-state index < -0.39 is 0 Å². The molecular formula is C25H24N4O4S. The maximum absolute atomic E-state index is 13.1. The number of benzene rings is 2. The summed E-state index contributed by atoms with van der Waals surface area (Å²) in [5.74, 6) is 0.885. The van der Waals surface area contributed by atoms with E-state index in [9.17, 15) is 14.7 Å². The van der Waals surface area contributed by atoms with Gasteiger partial charge in [0, 0.05) is 31.1 Å². The Bertz CT molecular complexity index is 1390. The highest BCUT2D eigenvalue weighted by Crippen LogP contribution is 2.32. The molecule has 1 amide bonds. The Morgan fingerprint density at radius 1 is 1.09 bits per heavy atom. The SMILES string of the molecule is COc1ccc(-c2cc3ncn(CC(=O)N4CCN(c5ccccc5O)CC4)c(=O)c3s2)cc1. The normalized spacial score (nSPS) is 13.9. The minimum Gasteiger partial charge on any atom is -0.506 e. The Morgan fingerprint density at radius 2 is 1.82 bits per heavy atom. The molecule has 0 saturated carbocycles. The molecule has 0 atom stereocenters. The first kappa shape index (κ1) is 22.0. The van der Waals surface area contributed by atoms with Crippen LogP contribution in [0.15, 0.2) is 65.7 Å². The van der Waals surface area contributed by atoms with Gasteiger partial charge in [-0.1, -0.05) is 12.1 Å². The Hall–Kier alpha value is -3.85. The monoisotopic (exact) mass is 476 g/mol. The lowest BCUT2D eigenvalue weighted by molar-refractivity contribution is -0.132. The highest BCUT2D eigenvalue weighted by atomic mass is 32.1. The van der Waals surface area contributed by atoms with Crippen molar-refractivity contribution in [2.45, 2.75) is 6.54 Å². The highest BCUT2D eigenvalue weighted by Gasteiger charge is 2.23. The average Bonchev–Trinajstić information content (AvgIpc) is 3.31. The molecule has 5 rings (SSSR count). The Kier molecular flexibility index (Phi) is 5.93. The number of anilines is 1. The summed E-state index contributed by atoms with van der Waals surface area (Å²) >= 11 is 1.37. The number of piperazine rings is 1. The van der Waals surface area contributed by atoms with E-state index in [0.29, 0.717) is 36.4 Å². The quantitative estimate of drug-likeness (QED) is 0.476. The molecule has 0 bridgehead atoms. The van der Waals surface area contributed by atoms with Crippen molar-refractivity contribution in [3.63, 3.8) is 0 Å². The number of carbonyl (C=O) groups excluding carboxylic acids is 1. The van der Waals surface area contributed by atoms with E-state index in [2.05, 4.69) is 9.88 Å². The first-order chi connectivity index (χ1) is 16.5. The number of phenolic OH excluding ortho intramolecular Hbond substituents is 1. The van der Waals surface area contributed by atoms with Gasteiger partial charge in [-0.2, -0.15) is 0 Å². The van der Waals surface area contributed by atoms with Crippen LogP contribution in [0.25, 0.3) is 20.7 Å². The van der Waals surface area contributed by atoms with Crippen LogP contribution in [-0.4, -0.2) is 58.8 Å². The molecule has 1 fully saturated rings. The molecule has 8 nitrogen and oxygen atoms in total. The zero-order valence-corrected chi connectivity index (χ0v) is 19.5. The Morgan fingerprint density at radius 3 is 2.53 bits per heavy atom. The van der Waals surface area contributed by atoms with Crippen LogP contribution in [0.1, 0.15) is 0 Å². The number of thiophene rings is 1. The number of methoxy groups -OCH3 is 1. The van der Waals surface area contributed by atoms with Crippen LogP contribution in [0.2, 0.25) is 0 Å². The van der Waals surface area contributed by atoms with Crippen molar-refractivity contribution >= 4 is 33.1 Å². The molecule has 0 radical (unpaired) electrons.